The highest BCUT2D eigenvalue weighted by atomic mass is 19.3. The van der Waals surface area contributed by atoms with E-state index in [1.54, 1.807) is 0 Å². The van der Waals surface area contributed by atoms with Gasteiger partial charge in [0.15, 0.2) is 0 Å². The summed E-state index contributed by atoms with van der Waals surface area (Å²) in [7, 11) is 0. The van der Waals surface area contributed by atoms with E-state index in [-0.39, 0.29) is 5.92 Å². The molecule has 1 nitrogen and oxygen atoms in total. The van der Waals surface area contributed by atoms with E-state index in [0.717, 1.165) is 44.1 Å². The van der Waals surface area contributed by atoms with E-state index in [1.807, 2.05) is 0 Å². The fourth-order valence-corrected chi connectivity index (χ4v) is 5.00. The van der Waals surface area contributed by atoms with Gasteiger partial charge in [-0.2, -0.15) is 8.78 Å². The number of rotatable bonds is 11. The summed E-state index contributed by atoms with van der Waals surface area (Å²) >= 11 is 0. The topological polar surface area (TPSA) is 9.23 Å². The van der Waals surface area contributed by atoms with Crippen molar-refractivity contribution in [1.29, 1.82) is 0 Å². The van der Waals surface area contributed by atoms with Crippen LogP contribution in [0.4, 0.5) is 8.78 Å². The Kier molecular flexibility index (Phi) is 10.8. The smallest absolute Gasteiger partial charge is 0.266 e. The van der Waals surface area contributed by atoms with Crippen molar-refractivity contribution >= 4 is 0 Å². The van der Waals surface area contributed by atoms with E-state index >= 15 is 0 Å². The predicted octanol–water partition coefficient (Wildman–Crippen LogP) is 7.90. The molecule has 3 heteroatoms. The predicted molar refractivity (Wildman–Crippen MR) is 105 cm³/mol. The van der Waals surface area contributed by atoms with E-state index in [9.17, 15) is 8.78 Å². The van der Waals surface area contributed by atoms with Gasteiger partial charge in [-0.15, -0.1) is 0 Å². The number of hydrogen-bond acceptors (Lipinski definition) is 1. The zero-order chi connectivity index (χ0) is 18.6. The first-order valence-electron chi connectivity index (χ1n) is 11.3. The Morgan fingerprint density at radius 3 is 1.88 bits per heavy atom. The molecule has 0 heterocycles. The van der Waals surface area contributed by atoms with Crippen molar-refractivity contribution in [2.45, 2.75) is 109 Å². The zero-order valence-electron chi connectivity index (χ0n) is 16.9. The van der Waals surface area contributed by atoms with Gasteiger partial charge in [0, 0.05) is 6.61 Å². The summed E-state index contributed by atoms with van der Waals surface area (Å²) in [6.45, 7) is 3.20. The van der Waals surface area contributed by atoms with Crippen LogP contribution in [0.1, 0.15) is 103 Å². The molecule has 0 amide bonds. The number of allylic oxidation sites excluding steroid dienone is 1. The molecule has 0 unspecified atom stereocenters. The maximum absolute atomic E-state index is 12.4. The van der Waals surface area contributed by atoms with Crippen LogP contribution in [0.2, 0.25) is 0 Å². The minimum absolute atomic E-state index is 0.123. The van der Waals surface area contributed by atoms with Crippen LogP contribution >= 0.6 is 0 Å². The monoisotopic (exact) mass is 370 g/mol. The molecule has 152 valence electrons. The van der Waals surface area contributed by atoms with Crippen LogP contribution in [-0.4, -0.2) is 12.7 Å². The summed E-state index contributed by atoms with van der Waals surface area (Å²) in [6, 6.07) is 0. The van der Waals surface area contributed by atoms with Crippen molar-refractivity contribution in [2.24, 2.45) is 17.8 Å². The molecule has 2 aliphatic rings. The van der Waals surface area contributed by atoms with Crippen molar-refractivity contribution < 1.29 is 13.5 Å². The van der Waals surface area contributed by atoms with Gasteiger partial charge in [0.2, 0.25) is 0 Å². The summed E-state index contributed by atoms with van der Waals surface area (Å²) in [5.74, 6) is 1.71. The van der Waals surface area contributed by atoms with Crippen molar-refractivity contribution in [3.05, 3.63) is 12.2 Å². The Hall–Kier alpha value is -0.440. The molecule has 2 fully saturated rings. The molecule has 0 saturated heterocycles. The Balaban J connectivity index is 1.50. The number of ether oxygens (including phenoxy) is 1. The van der Waals surface area contributed by atoms with Crippen molar-refractivity contribution in [3.8, 4) is 0 Å². The Morgan fingerprint density at radius 1 is 0.769 bits per heavy atom. The highest BCUT2D eigenvalue weighted by Crippen LogP contribution is 2.41. The van der Waals surface area contributed by atoms with Crippen LogP contribution < -0.4 is 0 Å². The number of halogens is 2. The maximum atomic E-state index is 12.4. The summed E-state index contributed by atoms with van der Waals surface area (Å²) in [5, 5.41) is 0. The molecule has 0 atom stereocenters. The quantitative estimate of drug-likeness (QED) is 0.336. The highest BCUT2D eigenvalue weighted by Gasteiger charge is 2.30. The van der Waals surface area contributed by atoms with Crippen LogP contribution in [0, 0.1) is 17.8 Å². The van der Waals surface area contributed by atoms with Crippen LogP contribution in [0.15, 0.2) is 12.2 Å². The Bertz CT molecular complexity index is 376. The molecule has 0 aromatic heterocycles. The Morgan fingerprint density at radius 2 is 1.31 bits per heavy atom. The third kappa shape index (κ3) is 8.50. The molecule has 2 aliphatic carbocycles. The lowest BCUT2D eigenvalue weighted by Gasteiger charge is -2.37. The first-order chi connectivity index (χ1) is 12.7. The SMILES string of the molecule is CCCCCCCCCOC1CCC(C2CCC(C=C(F)F)CC2)CC1. The summed E-state index contributed by atoms with van der Waals surface area (Å²) in [5.41, 5.74) is 0. The fraction of sp³-hybridized carbons (Fsp3) is 0.913. The summed E-state index contributed by atoms with van der Waals surface area (Å²) in [4.78, 5) is 0. The Labute approximate surface area is 160 Å². The van der Waals surface area contributed by atoms with Gasteiger partial charge in [0.1, 0.15) is 0 Å². The van der Waals surface area contributed by atoms with Gasteiger partial charge >= 0.3 is 0 Å². The number of unbranched alkanes of at least 4 members (excludes halogenated alkanes) is 6. The largest absolute Gasteiger partial charge is 0.378 e. The van der Waals surface area contributed by atoms with Gasteiger partial charge in [-0.3, -0.25) is 0 Å². The van der Waals surface area contributed by atoms with Crippen molar-refractivity contribution in [1.82, 2.24) is 0 Å². The molecular weight excluding hydrogens is 330 g/mol. The molecule has 0 aromatic carbocycles. The van der Waals surface area contributed by atoms with E-state index in [4.69, 9.17) is 4.74 Å². The average Bonchev–Trinajstić information content (AvgIpc) is 2.65. The fourth-order valence-electron chi connectivity index (χ4n) is 5.00. The molecule has 0 N–H and O–H groups in total. The van der Waals surface area contributed by atoms with Gasteiger partial charge < -0.3 is 4.74 Å². The lowest BCUT2D eigenvalue weighted by molar-refractivity contribution is 0.00590. The third-order valence-corrected chi connectivity index (χ3v) is 6.67. The minimum atomic E-state index is -1.49. The minimum Gasteiger partial charge on any atom is -0.378 e. The van der Waals surface area contributed by atoms with E-state index in [2.05, 4.69) is 6.92 Å². The number of hydrogen-bond donors (Lipinski definition) is 0. The zero-order valence-corrected chi connectivity index (χ0v) is 16.9. The highest BCUT2D eigenvalue weighted by molar-refractivity contribution is 4.92. The lowest BCUT2D eigenvalue weighted by atomic mass is 9.70. The van der Waals surface area contributed by atoms with Gasteiger partial charge in [0.25, 0.3) is 6.08 Å². The van der Waals surface area contributed by atoms with E-state index in [0.29, 0.717) is 6.10 Å². The first-order valence-corrected chi connectivity index (χ1v) is 11.3. The van der Waals surface area contributed by atoms with Crippen molar-refractivity contribution in [3.63, 3.8) is 0 Å². The molecule has 0 aliphatic heterocycles. The molecular formula is C23H40F2O. The molecule has 2 saturated carbocycles. The van der Waals surface area contributed by atoms with Gasteiger partial charge in [-0.05, 0) is 81.6 Å². The first kappa shape index (κ1) is 21.9. The second kappa shape index (κ2) is 12.9. The molecule has 26 heavy (non-hydrogen) atoms. The van der Waals surface area contributed by atoms with Gasteiger partial charge in [0.05, 0.1) is 6.10 Å². The summed E-state index contributed by atoms with van der Waals surface area (Å²) in [6.07, 6.45) is 18.7. The standard InChI is InChI=1S/C23H40F2O/c1-2-3-4-5-6-7-8-17-26-22-15-13-21(14-16-22)20-11-9-19(10-12-20)18-23(24)25/h18-22H,2-17H2,1H3. The third-order valence-electron chi connectivity index (χ3n) is 6.67. The van der Waals surface area contributed by atoms with Gasteiger partial charge in [-0.25, -0.2) is 0 Å². The summed E-state index contributed by atoms with van der Waals surface area (Å²) < 4.78 is 30.9. The van der Waals surface area contributed by atoms with Crippen LogP contribution in [-0.2, 0) is 4.74 Å². The second-order valence-electron chi connectivity index (χ2n) is 8.66. The maximum Gasteiger partial charge on any atom is 0.266 e. The molecule has 2 rings (SSSR count). The van der Waals surface area contributed by atoms with Crippen LogP contribution in [0.25, 0.3) is 0 Å². The van der Waals surface area contributed by atoms with Crippen LogP contribution in [0.3, 0.4) is 0 Å². The molecule has 0 aromatic rings. The van der Waals surface area contributed by atoms with E-state index in [1.165, 1.54) is 76.7 Å². The van der Waals surface area contributed by atoms with Gasteiger partial charge in [-0.1, -0.05) is 45.4 Å². The lowest BCUT2D eigenvalue weighted by Crippen LogP contribution is -2.28. The molecule has 0 spiro atoms. The van der Waals surface area contributed by atoms with Crippen molar-refractivity contribution in [2.75, 3.05) is 6.61 Å². The van der Waals surface area contributed by atoms with Crippen LogP contribution in [0.5, 0.6) is 0 Å². The molecule has 0 radical (unpaired) electrons. The average molecular weight is 371 g/mol. The molecule has 0 bridgehead atoms. The second-order valence-corrected chi connectivity index (χ2v) is 8.66. The normalized spacial score (nSPS) is 29.5. The van der Waals surface area contributed by atoms with E-state index < -0.39 is 6.08 Å².